The first-order valence-electron chi connectivity index (χ1n) is 6.68. The predicted octanol–water partition coefficient (Wildman–Crippen LogP) is 2.54. The molecule has 116 valence electrons. The van der Waals surface area contributed by atoms with Crippen LogP contribution in [-0.4, -0.2) is 34.5 Å². The molecule has 0 aliphatic rings. The van der Waals surface area contributed by atoms with Crippen LogP contribution in [0, 0.1) is 5.92 Å². The summed E-state index contributed by atoms with van der Waals surface area (Å²) in [6.45, 7) is 5.98. The fraction of sp³-hybridized carbons (Fsp3) is 0.467. The molecule has 0 bridgehead atoms. The van der Waals surface area contributed by atoms with E-state index in [-0.39, 0.29) is 0 Å². The molecule has 1 aromatic carbocycles. The van der Waals surface area contributed by atoms with Crippen LogP contribution in [0.2, 0.25) is 19.6 Å². The average Bonchev–Trinajstić information content (AvgIpc) is 2.45. The summed E-state index contributed by atoms with van der Waals surface area (Å²) in [7, 11) is 0.491. The normalized spacial score (nSPS) is 12.9. The molecular formula is C15H22O5Si. The van der Waals surface area contributed by atoms with E-state index in [1.807, 2.05) is 50.0 Å². The van der Waals surface area contributed by atoms with Crippen molar-refractivity contribution in [1.82, 2.24) is 0 Å². The van der Waals surface area contributed by atoms with E-state index in [4.69, 9.17) is 13.9 Å². The second-order valence-electron chi connectivity index (χ2n) is 5.59. The molecule has 21 heavy (non-hydrogen) atoms. The zero-order valence-electron chi connectivity index (χ0n) is 13.1. The molecular weight excluding hydrogens is 288 g/mol. The molecule has 0 aromatic heterocycles. The van der Waals surface area contributed by atoms with Crippen molar-refractivity contribution < 1.29 is 23.5 Å². The molecule has 1 rings (SSSR count). The van der Waals surface area contributed by atoms with Gasteiger partial charge in [0, 0.05) is 0 Å². The molecule has 0 aliphatic heterocycles. The van der Waals surface area contributed by atoms with Crippen LogP contribution in [0.5, 0.6) is 0 Å². The van der Waals surface area contributed by atoms with Gasteiger partial charge in [0.15, 0.2) is 14.2 Å². The zero-order chi connectivity index (χ0) is 16.0. The maximum atomic E-state index is 12.0. The van der Waals surface area contributed by atoms with Gasteiger partial charge in [0.05, 0.1) is 20.3 Å². The van der Waals surface area contributed by atoms with Gasteiger partial charge in [0.25, 0.3) is 0 Å². The molecule has 5 nitrogen and oxygen atoms in total. The number of carbonyl (C=O) groups is 2. The lowest BCUT2D eigenvalue weighted by Crippen LogP contribution is -2.38. The first-order chi connectivity index (χ1) is 9.80. The van der Waals surface area contributed by atoms with E-state index in [0.717, 1.165) is 5.56 Å². The lowest BCUT2D eigenvalue weighted by molar-refractivity contribution is -0.163. The van der Waals surface area contributed by atoms with Crippen molar-refractivity contribution in [3.63, 3.8) is 0 Å². The lowest BCUT2D eigenvalue weighted by atomic mass is 9.96. The highest BCUT2D eigenvalue weighted by atomic mass is 28.4. The van der Waals surface area contributed by atoms with E-state index in [1.165, 1.54) is 14.2 Å². The molecule has 0 saturated heterocycles. The molecule has 0 saturated carbocycles. The Hall–Kier alpha value is -1.66. The largest absolute Gasteiger partial charge is 0.468 e. The van der Waals surface area contributed by atoms with Gasteiger partial charge in [-0.15, -0.1) is 0 Å². The maximum Gasteiger partial charge on any atom is 0.323 e. The molecule has 0 aliphatic carbocycles. The minimum Gasteiger partial charge on any atom is -0.468 e. The number of rotatable bonds is 6. The van der Waals surface area contributed by atoms with Crippen LogP contribution in [0.4, 0.5) is 0 Å². The van der Waals surface area contributed by atoms with Crippen molar-refractivity contribution in [2.24, 2.45) is 5.92 Å². The summed E-state index contributed by atoms with van der Waals surface area (Å²) >= 11 is 0. The summed E-state index contributed by atoms with van der Waals surface area (Å²) < 4.78 is 15.6. The van der Waals surface area contributed by atoms with Gasteiger partial charge in [-0.25, -0.2) is 0 Å². The zero-order valence-corrected chi connectivity index (χ0v) is 14.1. The van der Waals surface area contributed by atoms with E-state index in [9.17, 15) is 9.59 Å². The number of methoxy groups -OCH3 is 2. The third kappa shape index (κ3) is 4.98. The minimum atomic E-state index is -2.00. The standard InChI is InChI=1S/C15H22O5Si/c1-18-14(16)12(15(17)19-2)13(20-21(3,4)5)11-9-7-6-8-10-11/h6-10,12-13H,1-5H3. The number of hydrogen-bond acceptors (Lipinski definition) is 5. The van der Waals surface area contributed by atoms with Crippen molar-refractivity contribution in [3.05, 3.63) is 35.9 Å². The van der Waals surface area contributed by atoms with E-state index < -0.39 is 32.3 Å². The number of ether oxygens (including phenoxy) is 2. The van der Waals surface area contributed by atoms with Crippen LogP contribution >= 0.6 is 0 Å². The van der Waals surface area contributed by atoms with Gasteiger partial charge in [-0.1, -0.05) is 30.3 Å². The van der Waals surface area contributed by atoms with Crippen LogP contribution in [0.25, 0.3) is 0 Å². The fourth-order valence-corrected chi connectivity index (χ4v) is 2.98. The Bertz CT molecular complexity index is 465. The monoisotopic (exact) mass is 310 g/mol. The van der Waals surface area contributed by atoms with Gasteiger partial charge in [-0.3, -0.25) is 9.59 Å². The molecule has 0 fully saturated rings. The highest BCUT2D eigenvalue weighted by Crippen LogP contribution is 2.31. The summed E-state index contributed by atoms with van der Waals surface area (Å²) in [6.07, 6.45) is -0.710. The Balaban J connectivity index is 3.25. The topological polar surface area (TPSA) is 61.8 Å². The van der Waals surface area contributed by atoms with Crippen LogP contribution in [-0.2, 0) is 23.5 Å². The second kappa shape index (κ2) is 7.38. The molecule has 0 radical (unpaired) electrons. The van der Waals surface area contributed by atoms with Crippen LogP contribution < -0.4 is 0 Å². The summed E-state index contributed by atoms with van der Waals surface area (Å²) in [4.78, 5) is 24.1. The van der Waals surface area contributed by atoms with E-state index in [1.54, 1.807) is 0 Å². The number of esters is 2. The van der Waals surface area contributed by atoms with Crippen molar-refractivity contribution in [2.75, 3.05) is 14.2 Å². The molecule has 1 aromatic rings. The minimum absolute atomic E-state index is 0.658. The third-order valence-corrected chi connectivity index (χ3v) is 3.78. The molecule has 0 amide bonds. The summed E-state index contributed by atoms with van der Waals surface area (Å²) in [5, 5.41) is 0. The van der Waals surface area contributed by atoms with Gasteiger partial charge >= 0.3 is 11.9 Å². The number of benzene rings is 1. The smallest absolute Gasteiger partial charge is 0.323 e. The molecule has 6 heteroatoms. The van der Waals surface area contributed by atoms with Gasteiger partial charge in [-0.2, -0.15) is 0 Å². The molecule has 1 atom stereocenters. The quantitative estimate of drug-likeness (QED) is 0.459. The lowest BCUT2D eigenvalue weighted by Gasteiger charge is -2.30. The van der Waals surface area contributed by atoms with Gasteiger partial charge in [-0.05, 0) is 25.2 Å². The highest BCUT2D eigenvalue weighted by molar-refractivity contribution is 6.69. The first-order valence-corrected chi connectivity index (χ1v) is 10.1. The maximum absolute atomic E-state index is 12.0. The Morgan fingerprint density at radius 3 is 1.81 bits per heavy atom. The van der Waals surface area contributed by atoms with Crippen molar-refractivity contribution >= 4 is 20.3 Å². The van der Waals surface area contributed by atoms with Crippen LogP contribution in [0.3, 0.4) is 0 Å². The van der Waals surface area contributed by atoms with Crippen molar-refractivity contribution in [2.45, 2.75) is 25.7 Å². The van der Waals surface area contributed by atoms with E-state index in [2.05, 4.69) is 0 Å². The van der Waals surface area contributed by atoms with Crippen molar-refractivity contribution in [3.8, 4) is 0 Å². The second-order valence-corrected chi connectivity index (χ2v) is 10.0. The molecule has 1 unspecified atom stereocenters. The highest BCUT2D eigenvalue weighted by Gasteiger charge is 2.40. The van der Waals surface area contributed by atoms with Gasteiger partial charge in [0.2, 0.25) is 0 Å². The van der Waals surface area contributed by atoms with Gasteiger partial charge < -0.3 is 13.9 Å². The molecule has 0 spiro atoms. The summed E-state index contributed by atoms with van der Waals surface area (Å²) in [5.41, 5.74) is 0.751. The number of carbonyl (C=O) groups excluding carboxylic acids is 2. The molecule has 0 heterocycles. The fourth-order valence-electron chi connectivity index (χ4n) is 1.95. The summed E-state index contributed by atoms with van der Waals surface area (Å²) in [6, 6.07) is 9.18. The summed E-state index contributed by atoms with van der Waals surface area (Å²) in [5.74, 6) is -2.45. The molecule has 0 N–H and O–H groups in total. The Kier molecular flexibility index (Phi) is 6.11. The van der Waals surface area contributed by atoms with E-state index in [0.29, 0.717) is 0 Å². The van der Waals surface area contributed by atoms with Crippen LogP contribution in [0.15, 0.2) is 30.3 Å². The van der Waals surface area contributed by atoms with Gasteiger partial charge in [0.1, 0.15) is 0 Å². The third-order valence-electron chi connectivity index (χ3n) is 2.82. The van der Waals surface area contributed by atoms with Crippen LogP contribution in [0.1, 0.15) is 11.7 Å². The SMILES string of the molecule is COC(=O)C(C(=O)OC)C(O[Si](C)(C)C)c1ccccc1. The first kappa shape index (κ1) is 17.4. The average molecular weight is 310 g/mol. The number of hydrogen-bond donors (Lipinski definition) is 0. The van der Waals surface area contributed by atoms with E-state index >= 15 is 0 Å². The Morgan fingerprint density at radius 2 is 1.43 bits per heavy atom. The predicted molar refractivity (Wildman–Crippen MR) is 81.1 cm³/mol. The Morgan fingerprint density at radius 1 is 0.952 bits per heavy atom. The van der Waals surface area contributed by atoms with Crippen molar-refractivity contribution in [1.29, 1.82) is 0 Å². The Labute approximate surface area is 126 Å².